The molecule has 0 spiro atoms. The summed E-state index contributed by atoms with van der Waals surface area (Å²) >= 11 is 0.807. The van der Waals surface area contributed by atoms with Crippen molar-refractivity contribution in [2.75, 3.05) is 26.8 Å². The summed E-state index contributed by atoms with van der Waals surface area (Å²) < 4.78 is 10.8. The number of amides is 3. The fourth-order valence-corrected chi connectivity index (χ4v) is 3.13. The lowest BCUT2D eigenvalue weighted by Crippen LogP contribution is -2.39. The minimum atomic E-state index is -0.484. The number of hydrogen-bond acceptors (Lipinski definition) is 6. The molecule has 1 heterocycles. The van der Waals surface area contributed by atoms with Crippen LogP contribution in [0.5, 0.6) is 11.5 Å². The highest BCUT2D eigenvalue weighted by atomic mass is 32.2. The van der Waals surface area contributed by atoms with Crippen molar-refractivity contribution in [3.8, 4) is 11.5 Å². The van der Waals surface area contributed by atoms with Crippen molar-refractivity contribution < 1.29 is 23.9 Å². The van der Waals surface area contributed by atoms with E-state index in [0.29, 0.717) is 30.2 Å². The number of rotatable bonds is 9. The average Bonchev–Trinajstić information content (AvgIpc) is 2.92. The Morgan fingerprint density at radius 2 is 2.11 bits per heavy atom. The van der Waals surface area contributed by atoms with Crippen LogP contribution in [-0.2, 0) is 9.59 Å². The smallest absolute Gasteiger partial charge is 0.294 e. The third-order valence-electron chi connectivity index (χ3n) is 3.59. The molecule has 1 aromatic carbocycles. The fourth-order valence-electron chi connectivity index (χ4n) is 2.29. The summed E-state index contributed by atoms with van der Waals surface area (Å²) in [4.78, 5) is 37.5. The van der Waals surface area contributed by atoms with E-state index in [0.717, 1.165) is 23.1 Å². The number of thioether (sulfide) groups is 1. The molecule has 0 unspecified atom stereocenters. The fraction of sp³-hybridized carbons (Fsp3) is 0.316. The lowest BCUT2D eigenvalue weighted by Gasteiger charge is -2.12. The predicted octanol–water partition coefficient (Wildman–Crippen LogP) is 2.82. The first-order chi connectivity index (χ1) is 13.0. The van der Waals surface area contributed by atoms with E-state index in [2.05, 4.69) is 11.9 Å². The van der Waals surface area contributed by atoms with Crippen LogP contribution in [0, 0.1) is 0 Å². The zero-order valence-electron chi connectivity index (χ0n) is 15.3. The largest absolute Gasteiger partial charge is 0.493 e. The van der Waals surface area contributed by atoms with E-state index in [4.69, 9.17) is 9.47 Å². The molecular formula is C19H22N2O5S. The predicted molar refractivity (Wildman–Crippen MR) is 105 cm³/mol. The third kappa shape index (κ3) is 5.37. The highest BCUT2D eigenvalue weighted by Crippen LogP contribution is 2.34. The van der Waals surface area contributed by atoms with Crippen molar-refractivity contribution in [3.05, 3.63) is 41.3 Å². The molecule has 0 bridgehead atoms. The Balaban J connectivity index is 2.14. The van der Waals surface area contributed by atoms with Crippen LogP contribution in [0.4, 0.5) is 4.79 Å². The van der Waals surface area contributed by atoms with Gasteiger partial charge in [-0.3, -0.25) is 19.3 Å². The summed E-state index contributed by atoms with van der Waals surface area (Å²) in [5.74, 6) is 0.215. The SMILES string of the molecule is C=CCOc1ccc(/C=C2\SC(=O)N(CC(=O)NCCC)C2=O)cc1OC. The van der Waals surface area contributed by atoms with Gasteiger partial charge in [0.2, 0.25) is 5.91 Å². The van der Waals surface area contributed by atoms with Crippen LogP contribution in [0.2, 0.25) is 0 Å². The Morgan fingerprint density at radius 1 is 1.33 bits per heavy atom. The Bertz CT molecular complexity index is 775. The van der Waals surface area contributed by atoms with Crippen LogP contribution >= 0.6 is 11.8 Å². The summed E-state index contributed by atoms with van der Waals surface area (Å²) in [6.45, 7) is 6.09. The topological polar surface area (TPSA) is 84.9 Å². The molecule has 7 nitrogen and oxygen atoms in total. The number of nitrogens with zero attached hydrogens (tertiary/aromatic N) is 1. The van der Waals surface area contributed by atoms with E-state index in [-0.39, 0.29) is 17.4 Å². The Labute approximate surface area is 162 Å². The van der Waals surface area contributed by atoms with E-state index in [9.17, 15) is 14.4 Å². The molecule has 1 saturated heterocycles. The molecular weight excluding hydrogens is 368 g/mol. The van der Waals surface area contributed by atoms with Crippen molar-refractivity contribution in [2.45, 2.75) is 13.3 Å². The number of ether oxygens (including phenoxy) is 2. The van der Waals surface area contributed by atoms with Crippen molar-refractivity contribution in [1.29, 1.82) is 0 Å². The molecule has 0 aromatic heterocycles. The van der Waals surface area contributed by atoms with Gasteiger partial charge in [-0.05, 0) is 42.0 Å². The molecule has 1 aromatic rings. The lowest BCUT2D eigenvalue weighted by molar-refractivity contribution is -0.129. The van der Waals surface area contributed by atoms with E-state index in [1.165, 1.54) is 7.11 Å². The number of nitrogens with one attached hydrogen (secondary N) is 1. The first-order valence-corrected chi connectivity index (χ1v) is 9.25. The van der Waals surface area contributed by atoms with Crippen LogP contribution < -0.4 is 14.8 Å². The normalized spacial score (nSPS) is 15.2. The summed E-state index contributed by atoms with van der Waals surface area (Å²) in [5, 5.41) is 2.19. The van der Waals surface area contributed by atoms with E-state index < -0.39 is 11.1 Å². The number of hydrogen-bond donors (Lipinski definition) is 1. The van der Waals surface area contributed by atoms with Gasteiger partial charge >= 0.3 is 0 Å². The molecule has 2 rings (SSSR count). The molecule has 0 saturated carbocycles. The van der Waals surface area contributed by atoms with Gasteiger partial charge in [0.1, 0.15) is 13.2 Å². The first kappa shape index (κ1) is 20.6. The summed E-state index contributed by atoms with van der Waals surface area (Å²) in [7, 11) is 1.52. The second kappa shape index (κ2) is 9.82. The zero-order valence-corrected chi connectivity index (χ0v) is 16.1. The number of imide groups is 1. The molecule has 144 valence electrons. The Morgan fingerprint density at radius 3 is 2.78 bits per heavy atom. The highest BCUT2D eigenvalue weighted by Gasteiger charge is 2.36. The maximum atomic E-state index is 12.5. The molecule has 0 radical (unpaired) electrons. The molecule has 1 fully saturated rings. The number of carbonyl (C=O) groups excluding carboxylic acids is 3. The minimum absolute atomic E-state index is 0.255. The summed E-state index contributed by atoms with van der Waals surface area (Å²) in [6.07, 6.45) is 4.00. The van der Waals surface area contributed by atoms with Gasteiger partial charge in [0.15, 0.2) is 11.5 Å². The highest BCUT2D eigenvalue weighted by molar-refractivity contribution is 8.18. The van der Waals surface area contributed by atoms with Crippen LogP contribution in [0.25, 0.3) is 6.08 Å². The monoisotopic (exact) mass is 390 g/mol. The molecule has 3 amide bonds. The third-order valence-corrected chi connectivity index (χ3v) is 4.50. The maximum absolute atomic E-state index is 12.5. The standard InChI is InChI=1S/C19H22N2O5S/c1-4-8-20-17(22)12-21-18(23)16(27-19(21)24)11-13-6-7-14(26-9-5-2)15(10-13)25-3/h5-7,10-11H,2,4,8-9,12H2,1,3H3,(H,20,22)/b16-11-. The van der Waals surface area contributed by atoms with Gasteiger partial charge in [-0.1, -0.05) is 25.6 Å². The van der Waals surface area contributed by atoms with Crippen LogP contribution in [0.3, 0.4) is 0 Å². The van der Waals surface area contributed by atoms with Crippen LogP contribution in [0.1, 0.15) is 18.9 Å². The Kier molecular flexibility index (Phi) is 7.48. The molecule has 1 aliphatic heterocycles. The molecule has 8 heteroatoms. The second-order valence-electron chi connectivity index (χ2n) is 5.63. The number of carbonyl (C=O) groups is 3. The lowest BCUT2D eigenvalue weighted by atomic mass is 10.2. The van der Waals surface area contributed by atoms with Gasteiger partial charge < -0.3 is 14.8 Å². The van der Waals surface area contributed by atoms with Crippen LogP contribution in [0.15, 0.2) is 35.8 Å². The van der Waals surface area contributed by atoms with Gasteiger partial charge in [-0.15, -0.1) is 0 Å². The van der Waals surface area contributed by atoms with Crippen molar-refractivity contribution in [3.63, 3.8) is 0 Å². The second-order valence-corrected chi connectivity index (χ2v) is 6.62. The minimum Gasteiger partial charge on any atom is -0.493 e. The van der Waals surface area contributed by atoms with Gasteiger partial charge in [-0.2, -0.15) is 0 Å². The van der Waals surface area contributed by atoms with Crippen molar-refractivity contribution in [1.82, 2.24) is 10.2 Å². The summed E-state index contributed by atoms with van der Waals surface area (Å²) in [6, 6.07) is 5.18. The summed E-state index contributed by atoms with van der Waals surface area (Å²) in [5.41, 5.74) is 0.679. The van der Waals surface area contributed by atoms with Crippen molar-refractivity contribution in [2.24, 2.45) is 0 Å². The van der Waals surface area contributed by atoms with E-state index in [1.54, 1.807) is 30.4 Å². The quantitative estimate of drug-likeness (QED) is 0.516. The zero-order chi connectivity index (χ0) is 19.8. The Hall–Kier alpha value is -2.74. The molecule has 1 N–H and O–H groups in total. The van der Waals surface area contributed by atoms with Gasteiger partial charge in [-0.25, -0.2) is 0 Å². The van der Waals surface area contributed by atoms with E-state index in [1.807, 2.05) is 6.92 Å². The maximum Gasteiger partial charge on any atom is 0.294 e. The molecule has 1 aliphatic rings. The van der Waals surface area contributed by atoms with Gasteiger partial charge in [0, 0.05) is 6.54 Å². The van der Waals surface area contributed by atoms with Gasteiger partial charge in [0.05, 0.1) is 12.0 Å². The average molecular weight is 390 g/mol. The molecule has 27 heavy (non-hydrogen) atoms. The molecule has 0 aliphatic carbocycles. The first-order valence-electron chi connectivity index (χ1n) is 8.44. The van der Waals surface area contributed by atoms with E-state index >= 15 is 0 Å². The number of methoxy groups -OCH3 is 1. The molecule has 0 atom stereocenters. The number of benzene rings is 1. The van der Waals surface area contributed by atoms with Crippen molar-refractivity contribution >= 4 is 34.9 Å². The van der Waals surface area contributed by atoms with Gasteiger partial charge in [0.25, 0.3) is 11.1 Å². The van der Waals surface area contributed by atoms with Crippen LogP contribution in [-0.4, -0.2) is 48.8 Å².